The van der Waals surface area contributed by atoms with Crippen molar-refractivity contribution in [2.45, 2.75) is 18.2 Å². The fraction of sp³-hybridized carbons (Fsp3) is 0.417. The van der Waals surface area contributed by atoms with Crippen molar-refractivity contribution >= 4 is 56.8 Å². The van der Waals surface area contributed by atoms with E-state index in [0.717, 1.165) is 65.7 Å². The maximum atomic E-state index is 13.6. The second-order valence-corrected chi connectivity index (χ2v) is 9.61. The summed E-state index contributed by atoms with van der Waals surface area (Å²) in [7, 11) is 1.65. The molecule has 1 aliphatic rings. The van der Waals surface area contributed by atoms with Gasteiger partial charge in [-0.2, -0.15) is 0 Å². The molecule has 3 aromatic rings. The largest absolute Gasteiger partial charge is 0.494 e. The molecule has 0 saturated carbocycles. The molecule has 0 N–H and O–H groups in total. The second kappa shape index (κ2) is 12.0. The molecule has 178 valence electrons. The van der Waals surface area contributed by atoms with Crippen molar-refractivity contribution in [3.05, 3.63) is 47.5 Å². The van der Waals surface area contributed by atoms with Crippen LogP contribution >= 0.6 is 35.5 Å². The number of fused-ring (bicyclic) bond motifs is 1. The van der Waals surface area contributed by atoms with Gasteiger partial charge in [-0.15, -0.1) is 24.2 Å². The molecule has 1 aliphatic heterocycles. The number of halogens is 1. The van der Waals surface area contributed by atoms with E-state index in [1.807, 2.05) is 47.6 Å². The number of methoxy groups -OCH3 is 1. The zero-order chi connectivity index (χ0) is 22.5. The highest BCUT2D eigenvalue weighted by atomic mass is 35.5. The van der Waals surface area contributed by atoms with Gasteiger partial charge in [-0.25, -0.2) is 4.98 Å². The van der Waals surface area contributed by atoms with Gasteiger partial charge in [0, 0.05) is 36.6 Å². The van der Waals surface area contributed by atoms with Crippen molar-refractivity contribution in [2.75, 3.05) is 57.7 Å². The first-order chi connectivity index (χ1) is 15.6. The van der Waals surface area contributed by atoms with Gasteiger partial charge in [-0.3, -0.25) is 14.6 Å². The van der Waals surface area contributed by atoms with Gasteiger partial charge in [0.25, 0.3) is 5.91 Å². The van der Waals surface area contributed by atoms with E-state index in [1.54, 1.807) is 30.2 Å². The Morgan fingerprint density at radius 3 is 2.61 bits per heavy atom. The number of hydrogen-bond acceptors (Lipinski definition) is 7. The molecule has 9 heteroatoms. The standard InChI is InChI=1S/C24H29N3O3S2.ClH/c1-17-5-10-20(29-2)21-22(17)32-24(25-21)27(12-4-11-26-13-15-30-16-14-26)23(28)18-6-8-19(31-3)9-7-18;/h5-10H,4,11-16H2,1-3H3;1H. The van der Waals surface area contributed by atoms with E-state index in [1.165, 1.54) is 0 Å². The van der Waals surface area contributed by atoms with Crippen LogP contribution in [-0.2, 0) is 4.74 Å². The highest BCUT2D eigenvalue weighted by Crippen LogP contribution is 2.37. The normalized spacial score (nSPS) is 14.2. The topological polar surface area (TPSA) is 54.9 Å². The number of benzene rings is 2. The molecule has 0 bridgehead atoms. The Morgan fingerprint density at radius 1 is 1.21 bits per heavy atom. The molecular weight excluding hydrogens is 478 g/mol. The van der Waals surface area contributed by atoms with Crippen molar-refractivity contribution in [2.24, 2.45) is 0 Å². The number of carbonyl (C=O) groups is 1. The fourth-order valence-electron chi connectivity index (χ4n) is 3.83. The van der Waals surface area contributed by atoms with Crippen LogP contribution in [0.5, 0.6) is 5.75 Å². The van der Waals surface area contributed by atoms with E-state index in [0.29, 0.717) is 17.2 Å². The van der Waals surface area contributed by atoms with E-state index in [2.05, 4.69) is 11.8 Å². The smallest absolute Gasteiger partial charge is 0.260 e. The average molecular weight is 508 g/mol. The number of rotatable bonds is 8. The molecule has 1 fully saturated rings. The predicted molar refractivity (Wildman–Crippen MR) is 140 cm³/mol. The number of aromatic nitrogens is 1. The number of anilines is 1. The predicted octanol–water partition coefficient (Wildman–Crippen LogP) is 5.13. The summed E-state index contributed by atoms with van der Waals surface area (Å²) >= 11 is 3.22. The lowest BCUT2D eigenvalue weighted by molar-refractivity contribution is 0.0376. The minimum absolute atomic E-state index is 0. The van der Waals surface area contributed by atoms with E-state index < -0.39 is 0 Å². The van der Waals surface area contributed by atoms with E-state index in [9.17, 15) is 4.79 Å². The zero-order valence-corrected chi connectivity index (χ0v) is 21.7. The summed E-state index contributed by atoms with van der Waals surface area (Å²) in [6.45, 7) is 7.06. The van der Waals surface area contributed by atoms with Crippen LogP contribution < -0.4 is 9.64 Å². The van der Waals surface area contributed by atoms with Gasteiger partial charge in [0.05, 0.1) is 25.0 Å². The first kappa shape index (κ1) is 25.8. The zero-order valence-electron chi connectivity index (χ0n) is 19.2. The minimum Gasteiger partial charge on any atom is -0.494 e. The van der Waals surface area contributed by atoms with Crippen molar-refractivity contribution in [1.82, 2.24) is 9.88 Å². The summed E-state index contributed by atoms with van der Waals surface area (Å²) in [5.74, 6) is 0.716. The molecule has 0 atom stereocenters. The van der Waals surface area contributed by atoms with Crippen LogP contribution in [0.4, 0.5) is 5.13 Å². The van der Waals surface area contributed by atoms with Gasteiger partial charge >= 0.3 is 0 Å². The third-order valence-electron chi connectivity index (χ3n) is 5.68. The highest BCUT2D eigenvalue weighted by molar-refractivity contribution is 7.98. The number of ether oxygens (including phenoxy) is 2. The van der Waals surface area contributed by atoms with Crippen LogP contribution in [0.25, 0.3) is 10.2 Å². The molecule has 33 heavy (non-hydrogen) atoms. The lowest BCUT2D eigenvalue weighted by Crippen LogP contribution is -2.39. The molecule has 0 spiro atoms. The van der Waals surface area contributed by atoms with Crippen molar-refractivity contribution in [3.63, 3.8) is 0 Å². The number of thiazole rings is 1. The minimum atomic E-state index is -0.0182. The summed E-state index contributed by atoms with van der Waals surface area (Å²) in [6, 6.07) is 11.8. The maximum absolute atomic E-state index is 13.6. The lowest BCUT2D eigenvalue weighted by atomic mass is 10.2. The van der Waals surface area contributed by atoms with Crippen LogP contribution in [0.2, 0.25) is 0 Å². The van der Waals surface area contributed by atoms with Gasteiger partial charge in [0.15, 0.2) is 5.13 Å². The molecule has 1 saturated heterocycles. The van der Waals surface area contributed by atoms with Crippen molar-refractivity contribution in [3.8, 4) is 5.75 Å². The number of carbonyl (C=O) groups excluding carboxylic acids is 1. The SMILES string of the molecule is COc1ccc(C)c2sc(N(CCCN3CCOCC3)C(=O)c3ccc(SC)cc3)nc12.Cl. The summed E-state index contributed by atoms with van der Waals surface area (Å²) in [5.41, 5.74) is 2.63. The Kier molecular flexibility index (Phi) is 9.40. The van der Waals surface area contributed by atoms with E-state index in [-0.39, 0.29) is 18.3 Å². The summed E-state index contributed by atoms with van der Waals surface area (Å²) in [4.78, 5) is 23.8. The molecule has 2 heterocycles. The van der Waals surface area contributed by atoms with Crippen LogP contribution in [0.15, 0.2) is 41.3 Å². The fourth-order valence-corrected chi connectivity index (χ4v) is 5.31. The Morgan fingerprint density at radius 2 is 1.94 bits per heavy atom. The second-order valence-electron chi connectivity index (χ2n) is 7.75. The van der Waals surface area contributed by atoms with Gasteiger partial charge in [0.2, 0.25) is 0 Å². The Hall–Kier alpha value is -1.84. The number of thioether (sulfide) groups is 1. The first-order valence-electron chi connectivity index (χ1n) is 10.8. The van der Waals surface area contributed by atoms with Gasteiger partial charge in [0.1, 0.15) is 11.3 Å². The molecule has 1 amide bonds. The summed E-state index contributed by atoms with van der Waals surface area (Å²) < 4.78 is 12.0. The molecule has 0 radical (unpaired) electrons. The lowest BCUT2D eigenvalue weighted by Gasteiger charge is -2.27. The number of nitrogens with zero attached hydrogens (tertiary/aromatic N) is 3. The van der Waals surface area contributed by atoms with Crippen LogP contribution in [0.1, 0.15) is 22.3 Å². The molecular formula is C24H30ClN3O3S2. The number of morpholine rings is 1. The highest BCUT2D eigenvalue weighted by Gasteiger charge is 2.23. The number of amides is 1. The van der Waals surface area contributed by atoms with E-state index >= 15 is 0 Å². The van der Waals surface area contributed by atoms with Gasteiger partial charge in [-0.1, -0.05) is 17.4 Å². The van der Waals surface area contributed by atoms with Crippen molar-refractivity contribution in [1.29, 1.82) is 0 Å². The Labute approximate surface area is 209 Å². The average Bonchev–Trinajstić information content (AvgIpc) is 3.28. The number of aryl methyl sites for hydroxylation is 1. The quantitative estimate of drug-likeness (QED) is 0.394. The molecule has 6 nitrogen and oxygen atoms in total. The van der Waals surface area contributed by atoms with Gasteiger partial charge in [-0.05, 0) is 55.5 Å². The monoisotopic (exact) mass is 507 g/mol. The molecule has 0 aliphatic carbocycles. The molecule has 1 aromatic heterocycles. The summed E-state index contributed by atoms with van der Waals surface area (Å²) in [5, 5.41) is 0.716. The van der Waals surface area contributed by atoms with Crippen molar-refractivity contribution < 1.29 is 14.3 Å². The third-order valence-corrected chi connectivity index (χ3v) is 7.64. The Balaban J connectivity index is 0.00000306. The van der Waals surface area contributed by atoms with Crippen LogP contribution in [0, 0.1) is 6.92 Å². The molecule has 2 aromatic carbocycles. The van der Waals surface area contributed by atoms with E-state index in [4.69, 9.17) is 14.5 Å². The summed E-state index contributed by atoms with van der Waals surface area (Å²) in [6.07, 6.45) is 2.91. The Bertz CT molecular complexity index is 1070. The van der Waals surface area contributed by atoms with Gasteiger partial charge < -0.3 is 9.47 Å². The first-order valence-corrected chi connectivity index (χ1v) is 12.8. The molecule has 4 rings (SSSR count). The maximum Gasteiger partial charge on any atom is 0.260 e. The number of hydrogen-bond donors (Lipinski definition) is 0. The molecule has 0 unspecified atom stereocenters. The van der Waals surface area contributed by atoms with Crippen LogP contribution in [-0.4, -0.2) is 68.5 Å². The van der Waals surface area contributed by atoms with Crippen LogP contribution in [0.3, 0.4) is 0 Å². The third kappa shape index (κ3) is 6.00.